The molecule has 2 aromatic heterocycles. The van der Waals surface area contributed by atoms with Crippen LogP contribution in [0.4, 0.5) is 11.4 Å². The van der Waals surface area contributed by atoms with E-state index in [4.69, 9.17) is 22.9 Å². The molecule has 0 amide bonds. The molecule has 2 unspecified atom stereocenters. The summed E-state index contributed by atoms with van der Waals surface area (Å²) in [4.78, 5) is 9.01. The molecule has 162 valence electrons. The molecular formula is C24H16N4O2S3. The number of thiol groups is 1. The van der Waals surface area contributed by atoms with E-state index in [1.807, 2.05) is 48.5 Å². The third-order valence-corrected chi connectivity index (χ3v) is 7.72. The van der Waals surface area contributed by atoms with Crippen molar-refractivity contribution in [2.24, 2.45) is 0 Å². The first kappa shape index (κ1) is 21.6. The minimum atomic E-state index is -2.27. The van der Waals surface area contributed by atoms with Gasteiger partial charge in [0, 0.05) is 11.6 Å². The minimum Gasteiger partial charge on any atom is -0.289 e. The monoisotopic (exact) mass is 488 g/mol. The molecule has 5 rings (SSSR count). The zero-order valence-electron chi connectivity index (χ0n) is 17.0. The van der Waals surface area contributed by atoms with Gasteiger partial charge in [0.2, 0.25) is 0 Å². The summed E-state index contributed by atoms with van der Waals surface area (Å²) in [7, 11) is 0. The Morgan fingerprint density at radius 1 is 1.03 bits per heavy atom. The third kappa shape index (κ3) is 4.21. The van der Waals surface area contributed by atoms with Gasteiger partial charge in [-0.15, -0.1) is 11.3 Å². The number of aromatic nitrogens is 2. The lowest BCUT2D eigenvalue weighted by atomic mass is 10.1. The number of benzene rings is 3. The summed E-state index contributed by atoms with van der Waals surface area (Å²) in [5.74, 6) is 0. The highest BCUT2D eigenvalue weighted by molar-refractivity contribution is 7.81. The lowest BCUT2D eigenvalue weighted by molar-refractivity contribution is 0.564. The molecule has 5 aromatic rings. The number of fused-ring (bicyclic) bond motifs is 2. The second-order valence-corrected chi connectivity index (χ2v) is 9.65. The molecule has 0 aliphatic heterocycles. The molecular weight excluding hydrogens is 472 g/mol. The topological polar surface area (TPSA) is 90.1 Å². The highest BCUT2D eigenvalue weighted by Crippen LogP contribution is 2.37. The molecule has 2 heterocycles. The quantitative estimate of drug-likeness (QED) is 0.234. The van der Waals surface area contributed by atoms with Crippen LogP contribution in [-0.2, 0) is 11.3 Å². The van der Waals surface area contributed by atoms with Gasteiger partial charge in [0.05, 0.1) is 44.0 Å². The van der Waals surface area contributed by atoms with E-state index in [1.54, 1.807) is 30.5 Å². The van der Waals surface area contributed by atoms with E-state index in [2.05, 4.69) is 11.1 Å². The van der Waals surface area contributed by atoms with Crippen molar-refractivity contribution in [2.45, 2.75) is 5.25 Å². The lowest BCUT2D eigenvalue weighted by Crippen LogP contribution is -2.19. The zero-order chi connectivity index (χ0) is 22.9. The fourth-order valence-corrected chi connectivity index (χ4v) is 5.57. The second-order valence-electron chi connectivity index (χ2n) is 7.25. The fourth-order valence-electron chi connectivity index (χ4n) is 3.58. The Morgan fingerprint density at radius 2 is 1.76 bits per heavy atom. The van der Waals surface area contributed by atoms with Crippen molar-refractivity contribution in [2.75, 3.05) is 4.31 Å². The number of nitrogens with zero attached hydrogens (tertiary/aromatic N) is 4. The number of nitriles is 1. The molecule has 9 heteroatoms. The molecule has 33 heavy (non-hydrogen) atoms. The molecule has 0 radical (unpaired) electrons. The predicted octanol–water partition coefficient (Wildman–Crippen LogP) is 6.01. The molecule has 3 aromatic carbocycles. The van der Waals surface area contributed by atoms with Gasteiger partial charge in [0.1, 0.15) is 5.01 Å². The van der Waals surface area contributed by atoms with Gasteiger partial charge in [-0.1, -0.05) is 18.2 Å². The SMILES string of the molecule is N#Cc1ccc(C(S)c2nc3ccc(N(c4ccc5ncccc5c4)S(=O)O)cc3s2)cc1. The molecule has 6 nitrogen and oxygen atoms in total. The van der Waals surface area contributed by atoms with Crippen LogP contribution in [0, 0.1) is 11.3 Å². The average molecular weight is 489 g/mol. The van der Waals surface area contributed by atoms with Gasteiger partial charge in [0.25, 0.3) is 11.3 Å². The second kappa shape index (κ2) is 8.92. The normalized spacial score (nSPS) is 13.0. The fraction of sp³-hybridized carbons (Fsp3) is 0.0417. The Hall–Kier alpha value is -3.29. The van der Waals surface area contributed by atoms with Crippen LogP contribution < -0.4 is 4.31 Å². The van der Waals surface area contributed by atoms with Crippen molar-refractivity contribution in [1.82, 2.24) is 9.97 Å². The summed E-state index contributed by atoms with van der Waals surface area (Å²) < 4.78 is 24.6. The van der Waals surface area contributed by atoms with Crippen molar-refractivity contribution in [1.29, 1.82) is 5.26 Å². The van der Waals surface area contributed by atoms with E-state index in [1.165, 1.54) is 15.6 Å². The average Bonchev–Trinajstić information content (AvgIpc) is 3.27. The van der Waals surface area contributed by atoms with Crippen LogP contribution in [0.5, 0.6) is 0 Å². The first-order valence-corrected chi connectivity index (χ1v) is 12.3. The van der Waals surface area contributed by atoms with E-state index in [0.29, 0.717) is 16.9 Å². The van der Waals surface area contributed by atoms with Crippen molar-refractivity contribution < 1.29 is 8.76 Å². The smallest absolute Gasteiger partial charge is 0.266 e. The summed E-state index contributed by atoms with van der Waals surface area (Å²) in [6.07, 6.45) is 1.71. The van der Waals surface area contributed by atoms with Crippen LogP contribution in [0.2, 0.25) is 0 Å². The Labute approximate surface area is 202 Å². The molecule has 0 aliphatic rings. The van der Waals surface area contributed by atoms with E-state index in [-0.39, 0.29) is 5.25 Å². The maximum Gasteiger partial charge on any atom is 0.266 e. The van der Waals surface area contributed by atoms with Crippen molar-refractivity contribution in [3.8, 4) is 6.07 Å². The Morgan fingerprint density at radius 3 is 2.48 bits per heavy atom. The van der Waals surface area contributed by atoms with Crippen LogP contribution in [0.25, 0.3) is 21.1 Å². The maximum absolute atomic E-state index is 12.3. The lowest BCUT2D eigenvalue weighted by Gasteiger charge is -2.20. The zero-order valence-corrected chi connectivity index (χ0v) is 19.5. The summed E-state index contributed by atoms with van der Waals surface area (Å²) >= 11 is 3.94. The predicted molar refractivity (Wildman–Crippen MR) is 136 cm³/mol. The number of thiazole rings is 1. The number of pyridine rings is 1. The largest absolute Gasteiger partial charge is 0.289 e. The minimum absolute atomic E-state index is 0.241. The summed E-state index contributed by atoms with van der Waals surface area (Å²) in [6, 6.07) is 24.1. The first-order chi connectivity index (χ1) is 16.0. The Kier molecular flexibility index (Phi) is 5.83. The van der Waals surface area contributed by atoms with Gasteiger partial charge in [-0.3, -0.25) is 9.54 Å². The molecule has 0 aliphatic carbocycles. The standard InChI is InChI=1S/C24H16N4O2S3/c25-14-15-3-5-16(6-4-15)23(31)24-27-21-10-8-19(13-22(21)32-24)28(33(29)30)18-7-9-20-17(12-18)2-1-11-26-20/h1-13,23,31H,(H,29,30). The molecule has 0 spiro atoms. The van der Waals surface area contributed by atoms with Gasteiger partial charge in [-0.2, -0.15) is 17.9 Å². The highest BCUT2D eigenvalue weighted by atomic mass is 32.2. The molecule has 0 saturated carbocycles. The Balaban J connectivity index is 1.52. The van der Waals surface area contributed by atoms with Gasteiger partial charge < -0.3 is 0 Å². The van der Waals surface area contributed by atoms with Gasteiger partial charge in [-0.05, 0) is 60.2 Å². The van der Waals surface area contributed by atoms with Crippen LogP contribution in [0.1, 0.15) is 21.4 Å². The maximum atomic E-state index is 12.3. The summed E-state index contributed by atoms with van der Waals surface area (Å²) in [5, 5.41) is 10.4. The number of anilines is 2. The number of hydrogen-bond donors (Lipinski definition) is 2. The summed E-state index contributed by atoms with van der Waals surface area (Å²) in [5.41, 5.74) is 4.31. The van der Waals surface area contributed by atoms with Crippen molar-refractivity contribution in [3.63, 3.8) is 0 Å². The third-order valence-electron chi connectivity index (χ3n) is 5.19. The molecule has 1 N–H and O–H groups in total. The van der Waals surface area contributed by atoms with Crippen molar-refractivity contribution >= 4 is 67.7 Å². The van der Waals surface area contributed by atoms with E-state index in [0.717, 1.165) is 31.7 Å². The van der Waals surface area contributed by atoms with Crippen LogP contribution in [0.15, 0.2) is 79.0 Å². The van der Waals surface area contributed by atoms with Gasteiger partial charge in [-0.25, -0.2) is 13.5 Å². The van der Waals surface area contributed by atoms with Crippen molar-refractivity contribution in [3.05, 3.63) is 95.1 Å². The van der Waals surface area contributed by atoms with Crippen LogP contribution in [-0.4, -0.2) is 18.7 Å². The Bertz CT molecular complexity index is 1540. The molecule has 0 saturated heterocycles. The van der Waals surface area contributed by atoms with E-state index in [9.17, 15) is 8.76 Å². The first-order valence-electron chi connectivity index (χ1n) is 9.88. The van der Waals surface area contributed by atoms with Gasteiger partial charge >= 0.3 is 0 Å². The summed E-state index contributed by atoms with van der Waals surface area (Å²) in [6.45, 7) is 0. The molecule has 0 bridgehead atoms. The van der Waals surface area contributed by atoms with Gasteiger partial charge in [0.15, 0.2) is 0 Å². The van der Waals surface area contributed by atoms with Crippen LogP contribution in [0.3, 0.4) is 0 Å². The number of rotatable bonds is 5. The van der Waals surface area contributed by atoms with Crippen LogP contribution >= 0.6 is 24.0 Å². The molecule has 0 fully saturated rings. The molecule has 2 atom stereocenters. The highest BCUT2D eigenvalue weighted by Gasteiger charge is 2.19. The van der Waals surface area contributed by atoms with E-state index >= 15 is 0 Å². The van der Waals surface area contributed by atoms with E-state index < -0.39 is 11.3 Å². The number of hydrogen-bond acceptors (Lipinski definition) is 6.